The molecule has 7 heteroatoms. The normalized spacial score (nSPS) is 11.2. The van der Waals surface area contributed by atoms with Gasteiger partial charge in [0.25, 0.3) is 5.91 Å². The number of fused-ring (bicyclic) bond motifs is 1. The number of carbonyl (C=O) groups is 1. The maximum atomic E-state index is 12.5. The summed E-state index contributed by atoms with van der Waals surface area (Å²) in [4.78, 5) is 14.7. The third kappa shape index (κ3) is 2.40. The van der Waals surface area contributed by atoms with Gasteiger partial charge in [-0.05, 0) is 12.1 Å². The molecule has 0 spiro atoms. The number of hydrogen-bond acceptors (Lipinski definition) is 5. The van der Waals surface area contributed by atoms with Crippen LogP contribution in [0, 0.1) is 0 Å². The van der Waals surface area contributed by atoms with Gasteiger partial charge in [-0.1, -0.05) is 43.4 Å². The topological polar surface area (TPSA) is 63.4 Å². The lowest BCUT2D eigenvalue weighted by Gasteiger charge is -2.15. The molecule has 0 unspecified atom stereocenters. The molecule has 0 aliphatic heterocycles. The van der Waals surface area contributed by atoms with E-state index >= 15 is 0 Å². The van der Waals surface area contributed by atoms with Gasteiger partial charge in [0.05, 0.1) is 0 Å². The fraction of sp³-hybridized carbons (Fsp3) is 0.286. The Hall–Kier alpha value is -2.28. The van der Waals surface area contributed by atoms with Crippen molar-refractivity contribution in [2.75, 3.05) is 11.9 Å². The Morgan fingerprint density at radius 1 is 1.24 bits per heavy atom. The van der Waals surface area contributed by atoms with Crippen LogP contribution in [0.5, 0.6) is 0 Å². The summed E-state index contributed by atoms with van der Waals surface area (Å²) in [7, 11) is 1.74. The largest absolute Gasteiger partial charge is 0.309 e. The quantitative estimate of drug-likeness (QED) is 0.746. The Balaban J connectivity index is 1.95. The van der Waals surface area contributed by atoms with Crippen LogP contribution >= 0.6 is 11.3 Å². The van der Waals surface area contributed by atoms with Crippen molar-refractivity contribution in [2.24, 2.45) is 0 Å². The molecule has 0 bridgehead atoms. The van der Waals surface area contributed by atoms with Gasteiger partial charge in [0, 0.05) is 18.7 Å². The van der Waals surface area contributed by atoms with E-state index in [9.17, 15) is 4.79 Å². The number of anilines is 1. The standard InChI is InChI=1S/C14H15N5OS/c1-9(2)11-15-16-14-19(11)17-12(21-14)13(20)18(3)10-7-5-4-6-8-10/h4-9H,1-3H3. The Kier molecular flexibility index (Phi) is 3.42. The maximum Gasteiger partial charge on any atom is 0.288 e. The molecule has 3 aromatic rings. The van der Waals surface area contributed by atoms with Crippen LogP contribution in [0.15, 0.2) is 30.3 Å². The average Bonchev–Trinajstić information content (AvgIpc) is 3.06. The molecule has 0 N–H and O–H groups in total. The van der Waals surface area contributed by atoms with Gasteiger partial charge >= 0.3 is 0 Å². The Morgan fingerprint density at radius 3 is 2.62 bits per heavy atom. The molecule has 1 amide bonds. The van der Waals surface area contributed by atoms with Gasteiger partial charge in [-0.2, -0.15) is 4.52 Å². The van der Waals surface area contributed by atoms with Crippen molar-refractivity contribution in [3.05, 3.63) is 41.2 Å². The van der Waals surface area contributed by atoms with Crippen LogP contribution in [0.4, 0.5) is 5.69 Å². The van der Waals surface area contributed by atoms with Crippen molar-refractivity contribution >= 4 is 27.9 Å². The van der Waals surface area contributed by atoms with E-state index in [4.69, 9.17) is 0 Å². The molecule has 2 heterocycles. The number of para-hydroxylation sites is 1. The highest BCUT2D eigenvalue weighted by atomic mass is 32.1. The molecule has 1 aromatic carbocycles. The van der Waals surface area contributed by atoms with E-state index in [0.717, 1.165) is 11.5 Å². The summed E-state index contributed by atoms with van der Waals surface area (Å²) in [6, 6.07) is 9.48. The number of carbonyl (C=O) groups excluding carboxylic acids is 1. The van der Waals surface area contributed by atoms with Gasteiger partial charge in [0.1, 0.15) is 0 Å². The Labute approximate surface area is 126 Å². The zero-order valence-electron chi connectivity index (χ0n) is 12.0. The minimum absolute atomic E-state index is 0.147. The molecule has 0 aliphatic rings. The predicted octanol–water partition coefficient (Wildman–Crippen LogP) is 2.59. The molecule has 21 heavy (non-hydrogen) atoms. The summed E-state index contributed by atoms with van der Waals surface area (Å²) in [6.45, 7) is 4.04. The van der Waals surface area contributed by atoms with Crippen LogP contribution < -0.4 is 4.90 Å². The highest BCUT2D eigenvalue weighted by molar-refractivity contribution is 7.18. The zero-order valence-corrected chi connectivity index (χ0v) is 12.8. The molecule has 6 nitrogen and oxygen atoms in total. The van der Waals surface area contributed by atoms with Crippen LogP contribution in [0.3, 0.4) is 0 Å². The summed E-state index contributed by atoms with van der Waals surface area (Å²) in [6.07, 6.45) is 0. The van der Waals surface area contributed by atoms with E-state index in [1.807, 2.05) is 44.2 Å². The van der Waals surface area contributed by atoms with Crippen LogP contribution in [-0.4, -0.2) is 32.8 Å². The van der Waals surface area contributed by atoms with Crippen molar-refractivity contribution in [3.63, 3.8) is 0 Å². The second kappa shape index (κ2) is 5.25. The van der Waals surface area contributed by atoms with Crippen LogP contribution in [-0.2, 0) is 0 Å². The first-order valence-corrected chi connectivity index (χ1v) is 7.45. The molecular formula is C14H15N5OS. The molecule has 2 aromatic heterocycles. The third-order valence-corrected chi connectivity index (χ3v) is 4.05. The number of amides is 1. The van der Waals surface area contributed by atoms with Gasteiger partial charge in [0.2, 0.25) is 9.97 Å². The molecule has 0 saturated heterocycles. The molecule has 0 fully saturated rings. The SMILES string of the molecule is CC(C)c1nnc2sc(C(=O)N(C)c3ccccc3)nn12. The summed E-state index contributed by atoms with van der Waals surface area (Å²) in [5.41, 5.74) is 0.831. The van der Waals surface area contributed by atoms with Crippen LogP contribution in [0.2, 0.25) is 0 Å². The Morgan fingerprint density at radius 2 is 1.95 bits per heavy atom. The summed E-state index contributed by atoms with van der Waals surface area (Å²) in [5, 5.41) is 12.9. The predicted molar refractivity (Wildman–Crippen MR) is 81.9 cm³/mol. The van der Waals surface area contributed by atoms with E-state index in [-0.39, 0.29) is 11.8 Å². The fourth-order valence-corrected chi connectivity index (χ4v) is 2.81. The summed E-state index contributed by atoms with van der Waals surface area (Å²) >= 11 is 1.25. The van der Waals surface area contributed by atoms with Crippen molar-refractivity contribution < 1.29 is 4.79 Å². The van der Waals surface area contributed by atoms with Gasteiger partial charge < -0.3 is 4.90 Å². The lowest BCUT2D eigenvalue weighted by atomic mass is 10.2. The summed E-state index contributed by atoms with van der Waals surface area (Å²) < 4.78 is 1.65. The lowest BCUT2D eigenvalue weighted by Crippen LogP contribution is -2.26. The second-order valence-corrected chi connectivity index (χ2v) is 5.97. The molecular weight excluding hydrogens is 286 g/mol. The average molecular weight is 301 g/mol. The first-order valence-electron chi connectivity index (χ1n) is 6.63. The second-order valence-electron chi connectivity index (χ2n) is 5.01. The lowest BCUT2D eigenvalue weighted by molar-refractivity contribution is 0.0991. The number of rotatable bonds is 3. The fourth-order valence-electron chi connectivity index (χ4n) is 1.99. The van der Waals surface area contributed by atoms with E-state index in [1.54, 1.807) is 16.5 Å². The minimum atomic E-state index is -0.147. The van der Waals surface area contributed by atoms with Gasteiger partial charge in [0.15, 0.2) is 5.82 Å². The first kappa shape index (κ1) is 13.7. The van der Waals surface area contributed by atoms with Crippen molar-refractivity contribution in [1.82, 2.24) is 19.8 Å². The molecule has 0 radical (unpaired) electrons. The smallest absolute Gasteiger partial charge is 0.288 e. The number of nitrogens with zero attached hydrogens (tertiary/aromatic N) is 5. The van der Waals surface area contributed by atoms with E-state index < -0.39 is 0 Å². The van der Waals surface area contributed by atoms with Gasteiger partial charge in [-0.3, -0.25) is 4.79 Å². The first-order chi connectivity index (χ1) is 10.1. The third-order valence-electron chi connectivity index (χ3n) is 3.16. The molecule has 0 saturated carbocycles. The summed E-state index contributed by atoms with van der Waals surface area (Å²) in [5.74, 6) is 0.825. The van der Waals surface area contributed by atoms with Crippen molar-refractivity contribution in [1.29, 1.82) is 0 Å². The Bertz CT molecular complexity index is 777. The zero-order chi connectivity index (χ0) is 15.0. The molecule has 108 valence electrons. The van der Waals surface area contributed by atoms with E-state index in [2.05, 4.69) is 15.3 Å². The van der Waals surface area contributed by atoms with Crippen molar-refractivity contribution in [3.8, 4) is 0 Å². The van der Waals surface area contributed by atoms with Gasteiger partial charge in [-0.25, -0.2) is 0 Å². The number of aromatic nitrogens is 4. The van der Waals surface area contributed by atoms with Crippen LogP contribution in [0.25, 0.3) is 4.96 Å². The maximum absolute atomic E-state index is 12.5. The number of hydrogen-bond donors (Lipinski definition) is 0. The minimum Gasteiger partial charge on any atom is -0.309 e. The molecule has 0 atom stereocenters. The number of benzene rings is 1. The van der Waals surface area contributed by atoms with E-state index in [0.29, 0.717) is 9.97 Å². The van der Waals surface area contributed by atoms with Gasteiger partial charge in [-0.15, -0.1) is 15.3 Å². The monoisotopic (exact) mass is 301 g/mol. The van der Waals surface area contributed by atoms with E-state index in [1.165, 1.54) is 11.3 Å². The van der Waals surface area contributed by atoms with Crippen LogP contribution in [0.1, 0.15) is 35.4 Å². The molecule has 0 aliphatic carbocycles. The van der Waals surface area contributed by atoms with Crippen molar-refractivity contribution in [2.45, 2.75) is 19.8 Å². The highest BCUT2D eigenvalue weighted by Gasteiger charge is 2.21. The molecule has 3 rings (SSSR count). The highest BCUT2D eigenvalue weighted by Crippen LogP contribution is 2.21.